The highest BCUT2D eigenvalue weighted by molar-refractivity contribution is 5.98. The molecule has 0 saturated carbocycles. The van der Waals surface area contributed by atoms with Crippen molar-refractivity contribution < 1.29 is 19.4 Å². The van der Waals surface area contributed by atoms with Crippen LogP contribution in [0.1, 0.15) is 21.5 Å². The SMILES string of the molecule is CN(/N=C\c1ccccc1C(=O)O)C(=O)OCc1ccccc1. The molecular weight excluding hydrogens is 296 g/mol. The van der Waals surface area contributed by atoms with Gasteiger partial charge in [0.2, 0.25) is 0 Å². The fourth-order valence-corrected chi connectivity index (χ4v) is 1.81. The zero-order chi connectivity index (χ0) is 16.7. The number of ether oxygens (including phenoxy) is 1. The molecule has 1 N–H and O–H groups in total. The van der Waals surface area contributed by atoms with Gasteiger partial charge < -0.3 is 9.84 Å². The Kier molecular flexibility index (Phi) is 5.46. The van der Waals surface area contributed by atoms with Crippen LogP contribution in [-0.2, 0) is 11.3 Å². The summed E-state index contributed by atoms with van der Waals surface area (Å²) < 4.78 is 5.11. The summed E-state index contributed by atoms with van der Waals surface area (Å²) in [6, 6.07) is 15.7. The maximum Gasteiger partial charge on any atom is 0.430 e. The topological polar surface area (TPSA) is 79.2 Å². The lowest BCUT2D eigenvalue weighted by atomic mass is 10.1. The van der Waals surface area contributed by atoms with Gasteiger partial charge in [0.05, 0.1) is 11.8 Å². The molecule has 0 saturated heterocycles. The second kappa shape index (κ2) is 7.74. The van der Waals surface area contributed by atoms with Crippen LogP contribution in [0.3, 0.4) is 0 Å². The van der Waals surface area contributed by atoms with Crippen LogP contribution in [0.15, 0.2) is 59.7 Å². The number of rotatable bonds is 5. The third-order valence-corrected chi connectivity index (χ3v) is 3.03. The number of carboxylic acids is 1. The summed E-state index contributed by atoms with van der Waals surface area (Å²) >= 11 is 0. The van der Waals surface area contributed by atoms with Gasteiger partial charge in [-0.1, -0.05) is 48.5 Å². The normalized spacial score (nSPS) is 10.5. The van der Waals surface area contributed by atoms with Crippen LogP contribution in [0.25, 0.3) is 0 Å². The smallest absolute Gasteiger partial charge is 0.430 e. The molecule has 0 fully saturated rings. The van der Waals surface area contributed by atoms with Gasteiger partial charge in [0.25, 0.3) is 0 Å². The minimum absolute atomic E-state index is 0.113. The molecule has 2 rings (SSSR count). The molecule has 1 amide bonds. The van der Waals surface area contributed by atoms with E-state index in [-0.39, 0.29) is 12.2 Å². The van der Waals surface area contributed by atoms with Gasteiger partial charge in [0, 0.05) is 12.6 Å². The van der Waals surface area contributed by atoms with E-state index in [4.69, 9.17) is 9.84 Å². The first-order valence-corrected chi connectivity index (χ1v) is 6.88. The first kappa shape index (κ1) is 16.2. The molecule has 6 heteroatoms. The van der Waals surface area contributed by atoms with E-state index >= 15 is 0 Å². The van der Waals surface area contributed by atoms with Crippen molar-refractivity contribution in [2.45, 2.75) is 6.61 Å². The molecule has 0 aliphatic heterocycles. The van der Waals surface area contributed by atoms with E-state index in [2.05, 4.69) is 5.10 Å². The Morgan fingerprint density at radius 3 is 2.48 bits per heavy atom. The number of amides is 1. The van der Waals surface area contributed by atoms with Gasteiger partial charge in [-0.25, -0.2) is 14.6 Å². The van der Waals surface area contributed by atoms with Crippen molar-refractivity contribution in [1.82, 2.24) is 5.01 Å². The fourth-order valence-electron chi connectivity index (χ4n) is 1.81. The standard InChI is InChI=1S/C17H16N2O4/c1-19(17(22)23-12-13-7-3-2-4-8-13)18-11-14-9-5-6-10-15(14)16(20)21/h2-11H,12H2,1H3,(H,20,21)/b18-11-. The molecule has 0 aliphatic carbocycles. The summed E-state index contributed by atoms with van der Waals surface area (Å²) in [6.45, 7) is 0.144. The number of benzene rings is 2. The van der Waals surface area contributed by atoms with Crippen molar-refractivity contribution in [3.05, 3.63) is 71.3 Å². The van der Waals surface area contributed by atoms with Gasteiger partial charge in [-0.05, 0) is 11.6 Å². The van der Waals surface area contributed by atoms with Crippen molar-refractivity contribution in [2.24, 2.45) is 5.10 Å². The van der Waals surface area contributed by atoms with Crippen molar-refractivity contribution in [3.63, 3.8) is 0 Å². The fraction of sp³-hybridized carbons (Fsp3) is 0.118. The highest BCUT2D eigenvalue weighted by Gasteiger charge is 2.10. The van der Waals surface area contributed by atoms with Crippen molar-refractivity contribution >= 4 is 18.3 Å². The van der Waals surface area contributed by atoms with Crippen molar-refractivity contribution in [3.8, 4) is 0 Å². The van der Waals surface area contributed by atoms with E-state index in [9.17, 15) is 9.59 Å². The molecule has 0 bridgehead atoms. The summed E-state index contributed by atoms with van der Waals surface area (Å²) in [4.78, 5) is 22.9. The number of hydrazone groups is 1. The molecule has 23 heavy (non-hydrogen) atoms. The van der Waals surface area contributed by atoms with Crippen LogP contribution in [0.5, 0.6) is 0 Å². The first-order valence-electron chi connectivity index (χ1n) is 6.88. The lowest BCUT2D eigenvalue weighted by Crippen LogP contribution is -2.22. The van der Waals surface area contributed by atoms with Gasteiger partial charge >= 0.3 is 12.1 Å². The second-order valence-electron chi connectivity index (χ2n) is 4.70. The van der Waals surface area contributed by atoms with Crippen LogP contribution in [0.2, 0.25) is 0 Å². The van der Waals surface area contributed by atoms with Crippen LogP contribution in [0, 0.1) is 0 Å². The summed E-state index contributed by atoms with van der Waals surface area (Å²) in [6.07, 6.45) is 0.686. The molecule has 0 heterocycles. The van der Waals surface area contributed by atoms with Crippen molar-refractivity contribution in [1.29, 1.82) is 0 Å². The minimum Gasteiger partial charge on any atom is -0.478 e. The van der Waals surface area contributed by atoms with Gasteiger partial charge in [-0.2, -0.15) is 5.10 Å². The molecule has 2 aromatic rings. The van der Waals surface area contributed by atoms with Gasteiger partial charge in [-0.3, -0.25) is 0 Å². The number of carbonyl (C=O) groups excluding carboxylic acids is 1. The second-order valence-corrected chi connectivity index (χ2v) is 4.70. The van der Waals surface area contributed by atoms with E-state index in [1.54, 1.807) is 18.2 Å². The predicted molar refractivity (Wildman–Crippen MR) is 85.4 cm³/mol. The average Bonchev–Trinajstić information content (AvgIpc) is 2.58. The molecule has 0 aromatic heterocycles. The number of carbonyl (C=O) groups is 2. The number of nitrogens with zero attached hydrogens (tertiary/aromatic N) is 2. The molecule has 0 atom stereocenters. The Morgan fingerprint density at radius 1 is 1.13 bits per heavy atom. The quantitative estimate of drug-likeness (QED) is 0.680. The maximum absolute atomic E-state index is 11.8. The molecule has 6 nitrogen and oxygen atoms in total. The lowest BCUT2D eigenvalue weighted by molar-refractivity contribution is 0.0696. The Hall–Kier alpha value is -3.15. The zero-order valence-electron chi connectivity index (χ0n) is 12.5. The van der Waals surface area contributed by atoms with Crippen molar-refractivity contribution in [2.75, 3.05) is 7.05 Å². The third kappa shape index (κ3) is 4.67. The highest BCUT2D eigenvalue weighted by Crippen LogP contribution is 2.07. The first-order chi connectivity index (χ1) is 11.1. The van der Waals surface area contributed by atoms with Crippen LogP contribution in [0.4, 0.5) is 4.79 Å². The Balaban J connectivity index is 1.97. The molecular formula is C17H16N2O4. The molecule has 0 unspecified atom stereocenters. The van der Waals surface area contributed by atoms with E-state index in [0.717, 1.165) is 10.6 Å². The Labute approximate surface area is 133 Å². The van der Waals surface area contributed by atoms with E-state index in [0.29, 0.717) is 5.56 Å². The van der Waals surface area contributed by atoms with Crippen LogP contribution < -0.4 is 0 Å². The number of carboxylic acid groups (broad SMARTS) is 1. The van der Waals surface area contributed by atoms with E-state index in [1.165, 1.54) is 19.3 Å². The Bertz CT molecular complexity index is 714. The summed E-state index contributed by atoms with van der Waals surface area (Å²) in [5.74, 6) is -1.05. The largest absolute Gasteiger partial charge is 0.478 e. The number of hydrogen-bond acceptors (Lipinski definition) is 4. The zero-order valence-corrected chi connectivity index (χ0v) is 12.5. The third-order valence-electron chi connectivity index (χ3n) is 3.03. The summed E-state index contributed by atoms with van der Waals surface area (Å²) in [5, 5.41) is 14.0. The molecule has 0 radical (unpaired) electrons. The van der Waals surface area contributed by atoms with Gasteiger partial charge in [0.1, 0.15) is 6.61 Å². The highest BCUT2D eigenvalue weighted by atomic mass is 16.6. The Morgan fingerprint density at radius 2 is 1.78 bits per heavy atom. The molecule has 2 aromatic carbocycles. The monoisotopic (exact) mass is 312 g/mol. The molecule has 0 spiro atoms. The van der Waals surface area contributed by atoms with Crippen LogP contribution >= 0.6 is 0 Å². The maximum atomic E-state index is 11.8. The summed E-state index contributed by atoms with van der Waals surface area (Å²) in [5.41, 5.74) is 1.39. The summed E-state index contributed by atoms with van der Waals surface area (Å²) in [7, 11) is 1.44. The minimum atomic E-state index is -1.05. The molecule has 118 valence electrons. The van der Waals surface area contributed by atoms with E-state index in [1.807, 2.05) is 30.3 Å². The number of aromatic carboxylic acids is 1. The van der Waals surface area contributed by atoms with Gasteiger partial charge in [-0.15, -0.1) is 0 Å². The average molecular weight is 312 g/mol. The van der Waals surface area contributed by atoms with Crippen LogP contribution in [-0.4, -0.2) is 35.4 Å². The molecule has 0 aliphatic rings. The van der Waals surface area contributed by atoms with Gasteiger partial charge in [0.15, 0.2) is 0 Å². The van der Waals surface area contributed by atoms with E-state index < -0.39 is 12.1 Å². The number of hydrogen-bond donors (Lipinski definition) is 1. The lowest BCUT2D eigenvalue weighted by Gasteiger charge is -2.11. The predicted octanol–water partition coefficient (Wildman–Crippen LogP) is 2.99.